The molecule has 0 fully saturated rings. The maximum absolute atomic E-state index is 11.2. The molecule has 6 nitrogen and oxygen atoms in total. The van der Waals surface area contributed by atoms with Crippen LogP contribution in [0.1, 0.15) is 65.5 Å². The van der Waals surface area contributed by atoms with Gasteiger partial charge in [0.25, 0.3) is 0 Å². The summed E-state index contributed by atoms with van der Waals surface area (Å²) < 4.78 is 16.3. The SMILES string of the molecule is COCCCOc1cc(C(O)C(CC(N)C(O)CC(C)C(C)C)C(C)C)ccc1OC. The smallest absolute Gasteiger partial charge is 0.161 e. The number of ether oxygens (including phenoxy) is 3. The second-order valence-corrected chi connectivity index (χ2v) is 9.38. The summed E-state index contributed by atoms with van der Waals surface area (Å²) in [7, 11) is 3.26. The van der Waals surface area contributed by atoms with Crippen LogP contribution < -0.4 is 15.2 Å². The highest BCUT2D eigenvalue weighted by Gasteiger charge is 2.30. The highest BCUT2D eigenvalue weighted by molar-refractivity contribution is 5.43. The summed E-state index contributed by atoms with van der Waals surface area (Å²) in [6, 6.07) is 5.14. The second kappa shape index (κ2) is 13.9. The summed E-state index contributed by atoms with van der Waals surface area (Å²) >= 11 is 0. The molecule has 0 aliphatic heterocycles. The maximum Gasteiger partial charge on any atom is 0.161 e. The van der Waals surface area contributed by atoms with Gasteiger partial charge in [-0.05, 0) is 54.2 Å². The fourth-order valence-electron chi connectivity index (χ4n) is 3.69. The third kappa shape index (κ3) is 8.97. The highest BCUT2D eigenvalue weighted by Crippen LogP contribution is 2.37. The second-order valence-electron chi connectivity index (χ2n) is 9.38. The van der Waals surface area contributed by atoms with Gasteiger partial charge in [-0.3, -0.25) is 0 Å². The molecule has 0 radical (unpaired) electrons. The number of aliphatic hydroxyl groups is 2. The predicted octanol–water partition coefficient (Wildman–Crippen LogP) is 4.18. The summed E-state index contributed by atoms with van der Waals surface area (Å²) in [5.74, 6) is 2.23. The van der Waals surface area contributed by atoms with Crippen LogP contribution in [0.25, 0.3) is 0 Å². The first kappa shape index (κ1) is 27.7. The van der Waals surface area contributed by atoms with E-state index >= 15 is 0 Å². The van der Waals surface area contributed by atoms with Gasteiger partial charge in [-0.2, -0.15) is 0 Å². The van der Waals surface area contributed by atoms with Crippen molar-refractivity contribution >= 4 is 0 Å². The lowest BCUT2D eigenvalue weighted by Gasteiger charge is -2.32. The fourth-order valence-corrected chi connectivity index (χ4v) is 3.69. The average molecular weight is 440 g/mol. The van der Waals surface area contributed by atoms with E-state index in [2.05, 4.69) is 34.6 Å². The fraction of sp³-hybridized carbons (Fsp3) is 0.760. The Hall–Kier alpha value is -1.34. The molecule has 0 aliphatic carbocycles. The summed E-state index contributed by atoms with van der Waals surface area (Å²) in [6.07, 6.45) is 0.681. The van der Waals surface area contributed by atoms with Crippen LogP contribution in [0.3, 0.4) is 0 Å². The van der Waals surface area contributed by atoms with Gasteiger partial charge in [-0.15, -0.1) is 0 Å². The molecular formula is C25H45NO5. The number of methoxy groups -OCH3 is 2. The first-order chi connectivity index (χ1) is 14.6. The molecule has 1 rings (SSSR count). The summed E-state index contributed by atoms with van der Waals surface area (Å²) in [6.45, 7) is 11.7. The molecule has 1 aromatic rings. The molecule has 0 spiro atoms. The van der Waals surface area contributed by atoms with E-state index in [-0.39, 0.29) is 17.9 Å². The monoisotopic (exact) mass is 439 g/mol. The molecule has 0 bridgehead atoms. The highest BCUT2D eigenvalue weighted by atomic mass is 16.5. The molecule has 5 unspecified atom stereocenters. The van der Waals surface area contributed by atoms with Crippen molar-refractivity contribution in [3.8, 4) is 11.5 Å². The van der Waals surface area contributed by atoms with Crippen LogP contribution in [0.15, 0.2) is 18.2 Å². The molecule has 6 heteroatoms. The minimum Gasteiger partial charge on any atom is -0.493 e. The lowest BCUT2D eigenvalue weighted by Crippen LogP contribution is -2.40. The topological polar surface area (TPSA) is 94.2 Å². The van der Waals surface area contributed by atoms with Gasteiger partial charge in [0.05, 0.1) is 25.9 Å². The molecule has 1 aromatic carbocycles. The Labute approximate surface area is 189 Å². The van der Waals surface area contributed by atoms with Crippen molar-refractivity contribution in [1.82, 2.24) is 0 Å². The third-order valence-corrected chi connectivity index (χ3v) is 6.33. The van der Waals surface area contributed by atoms with Crippen LogP contribution in [0, 0.1) is 23.7 Å². The Kier molecular flexibility index (Phi) is 12.5. The molecule has 0 saturated heterocycles. The Morgan fingerprint density at radius 3 is 2.13 bits per heavy atom. The zero-order valence-electron chi connectivity index (χ0n) is 20.5. The van der Waals surface area contributed by atoms with Crippen LogP contribution in [-0.4, -0.2) is 49.8 Å². The third-order valence-electron chi connectivity index (χ3n) is 6.33. The molecule has 0 aromatic heterocycles. The summed E-state index contributed by atoms with van der Waals surface area (Å²) in [4.78, 5) is 0. The largest absolute Gasteiger partial charge is 0.493 e. The van der Waals surface area contributed by atoms with Crippen molar-refractivity contribution in [3.05, 3.63) is 23.8 Å². The Morgan fingerprint density at radius 2 is 1.58 bits per heavy atom. The Balaban J connectivity index is 2.93. The molecule has 0 heterocycles. The van der Waals surface area contributed by atoms with Crippen LogP contribution in [0.4, 0.5) is 0 Å². The van der Waals surface area contributed by atoms with Crippen LogP contribution in [-0.2, 0) is 4.74 Å². The van der Waals surface area contributed by atoms with E-state index in [1.165, 1.54) is 0 Å². The molecule has 0 amide bonds. The number of nitrogens with two attached hydrogens (primary N) is 1. The number of benzene rings is 1. The lowest BCUT2D eigenvalue weighted by atomic mass is 9.79. The zero-order valence-corrected chi connectivity index (χ0v) is 20.5. The average Bonchev–Trinajstić information content (AvgIpc) is 2.73. The quantitative estimate of drug-likeness (QED) is 0.355. The van der Waals surface area contributed by atoms with Crippen LogP contribution in [0.2, 0.25) is 0 Å². The van der Waals surface area contributed by atoms with Crippen molar-refractivity contribution in [2.24, 2.45) is 29.4 Å². The van der Waals surface area contributed by atoms with Crippen LogP contribution in [0.5, 0.6) is 11.5 Å². The van der Waals surface area contributed by atoms with E-state index < -0.39 is 12.2 Å². The normalized spacial score (nSPS) is 16.8. The van der Waals surface area contributed by atoms with Gasteiger partial charge in [0.2, 0.25) is 0 Å². The van der Waals surface area contributed by atoms with E-state index in [9.17, 15) is 10.2 Å². The van der Waals surface area contributed by atoms with Crippen molar-refractivity contribution in [2.75, 3.05) is 27.4 Å². The minimum atomic E-state index is -0.715. The van der Waals surface area contributed by atoms with Crippen molar-refractivity contribution in [1.29, 1.82) is 0 Å². The zero-order chi connectivity index (χ0) is 23.6. The first-order valence-corrected chi connectivity index (χ1v) is 11.5. The van der Waals surface area contributed by atoms with Gasteiger partial charge < -0.3 is 30.2 Å². The van der Waals surface area contributed by atoms with Crippen molar-refractivity contribution < 1.29 is 24.4 Å². The predicted molar refractivity (Wildman–Crippen MR) is 125 cm³/mol. The van der Waals surface area contributed by atoms with E-state index in [4.69, 9.17) is 19.9 Å². The van der Waals surface area contributed by atoms with Crippen molar-refractivity contribution in [3.63, 3.8) is 0 Å². The Morgan fingerprint density at radius 1 is 0.903 bits per heavy atom. The number of aliphatic hydroxyl groups excluding tert-OH is 2. The molecule has 5 atom stereocenters. The minimum absolute atomic E-state index is 0.0891. The van der Waals surface area contributed by atoms with Gasteiger partial charge in [0.15, 0.2) is 11.5 Å². The van der Waals surface area contributed by atoms with Gasteiger partial charge >= 0.3 is 0 Å². The van der Waals surface area contributed by atoms with E-state index in [0.29, 0.717) is 49.4 Å². The molecular weight excluding hydrogens is 394 g/mol. The standard InChI is InChI=1S/C25H45NO5/c1-16(2)18(5)13-22(27)21(26)15-20(17(3)4)25(28)19-9-10-23(30-7)24(14-19)31-12-8-11-29-6/h9-10,14,16-18,20-22,25,27-28H,8,11-13,15,26H2,1-7H3. The first-order valence-electron chi connectivity index (χ1n) is 11.5. The van der Waals surface area contributed by atoms with Gasteiger partial charge in [0.1, 0.15) is 0 Å². The van der Waals surface area contributed by atoms with Crippen molar-refractivity contribution in [2.45, 2.75) is 72.1 Å². The van der Waals surface area contributed by atoms with E-state index in [1.807, 2.05) is 18.2 Å². The van der Waals surface area contributed by atoms with Gasteiger partial charge in [-0.1, -0.05) is 40.7 Å². The van der Waals surface area contributed by atoms with Gasteiger partial charge in [0, 0.05) is 26.2 Å². The number of hydrogen-bond donors (Lipinski definition) is 3. The molecule has 4 N–H and O–H groups in total. The summed E-state index contributed by atoms with van der Waals surface area (Å²) in [5, 5.41) is 21.8. The number of hydrogen-bond acceptors (Lipinski definition) is 6. The number of rotatable bonds is 15. The lowest BCUT2D eigenvalue weighted by molar-refractivity contribution is 0.0447. The van der Waals surface area contributed by atoms with E-state index in [1.54, 1.807) is 14.2 Å². The Bertz CT molecular complexity index is 622. The molecule has 180 valence electrons. The molecule has 0 saturated carbocycles. The maximum atomic E-state index is 11.2. The van der Waals surface area contributed by atoms with Crippen LogP contribution >= 0.6 is 0 Å². The molecule has 0 aliphatic rings. The van der Waals surface area contributed by atoms with E-state index in [0.717, 1.165) is 12.0 Å². The van der Waals surface area contributed by atoms with Gasteiger partial charge in [-0.25, -0.2) is 0 Å². The molecule has 31 heavy (non-hydrogen) atoms. The summed E-state index contributed by atoms with van der Waals surface area (Å²) in [5.41, 5.74) is 7.13.